The molecule has 2 fully saturated rings. The third-order valence-corrected chi connectivity index (χ3v) is 5.09. The molecule has 1 saturated heterocycles. The molecule has 136 valence electrons. The summed E-state index contributed by atoms with van der Waals surface area (Å²) in [6, 6.07) is 0.588. The molecule has 0 radical (unpaired) electrons. The van der Waals surface area contributed by atoms with Gasteiger partial charge >= 0.3 is 0 Å². The maximum Gasteiger partial charge on any atom is 0.191 e. The standard InChI is InChI=1S/C18H36N4.HI/c1-5-19-18(20-12-16-7-6-8-22(4)13-16)21-17-10-14(2)9-15(3)11-17;/h14-17H,5-13H2,1-4H3,(H2,19,20,21);1H. The maximum absolute atomic E-state index is 4.88. The van der Waals surface area contributed by atoms with Crippen LogP contribution < -0.4 is 10.6 Å². The smallest absolute Gasteiger partial charge is 0.191 e. The van der Waals surface area contributed by atoms with E-state index in [9.17, 15) is 0 Å². The van der Waals surface area contributed by atoms with Crippen LogP contribution in [0.1, 0.15) is 52.9 Å². The van der Waals surface area contributed by atoms with E-state index in [4.69, 9.17) is 4.99 Å². The fourth-order valence-corrected chi connectivity index (χ4v) is 4.22. The highest BCUT2D eigenvalue weighted by molar-refractivity contribution is 14.0. The molecule has 23 heavy (non-hydrogen) atoms. The number of piperidine rings is 1. The van der Waals surface area contributed by atoms with E-state index in [1.165, 1.54) is 45.2 Å². The monoisotopic (exact) mass is 436 g/mol. The Kier molecular flexibility index (Phi) is 9.82. The van der Waals surface area contributed by atoms with Crippen molar-refractivity contribution in [3.05, 3.63) is 0 Å². The number of rotatable bonds is 4. The summed E-state index contributed by atoms with van der Waals surface area (Å²) in [7, 11) is 2.23. The van der Waals surface area contributed by atoms with Crippen molar-refractivity contribution in [2.24, 2.45) is 22.7 Å². The molecule has 0 bridgehead atoms. The van der Waals surface area contributed by atoms with Crippen LogP contribution in [0.3, 0.4) is 0 Å². The molecule has 2 aliphatic rings. The van der Waals surface area contributed by atoms with Gasteiger partial charge in [-0.25, -0.2) is 0 Å². The van der Waals surface area contributed by atoms with Gasteiger partial charge in [0.25, 0.3) is 0 Å². The first-order valence-corrected chi connectivity index (χ1v) is 9.30. The third kappa shape index (κ3) is 7.59. The number of aliphatic imine (C=N–C) groups is 1. The van der Waals surface area contributed by atoms with Crippen molar-refractivity contribution in [3.63, 3.8) is 0 Å². The van der Waals surface area contributed by atoms with Crippen molar-refractivity contribution in [1.82, 2.24) is 15.5 Å². The quantitative estimate of drug-likeness (QED) is 0.404. The van der Waals surface area contributed by atoms with Gasteiger partial charge in [0.2, 0.25) is 0 Å². The van der Waals surface area contributed by atoms with Gasteiger partial charge in [-0.3, -0.25) is 4.99 Å². The molecule has 0 spiro atoms. The topological polar surface area (TPSA) is 39.7 Å². The third-order valence-electron chi connectivity index (χ3n) is 5.09. The molecule has 0 aromatic carbocycles. The Morgan fingerprint density at radius 2 is 1.87 bits per heavy atom. The number of hydrogen-bond acceptors (Lipinski definition) is 2. The summed E-state index contributed by atoms with van der Waals surface area (Å²) in [5.74, 6) is 3.41. The van der Waals surface area contributed by atoms with Crippen LogP contribution in [0.5, 0.6) is 0 Å². The Labute approximate surface area is 160 Å². The van der Waals surface area contributed by atoms with Crippen molar-refractivity contribution in [2.45, 2.75) is 58.9 Å². The fraction of sp³-hybridized carbons (Fsp3) is 0.944. The van der Waals surface area contributed by atoms with Gasteiger partial charge in [-0.1, -0.05) is 13.8 Å². The molecule has 0 aromatic rings. The fourth-order valence-electron chi connectivity index (χ4n) is 4.22. The maximum atomic E-state index is 4.88. The zero-order valence-electron chi connectivity index (χ0n) is 15.5. The van der Waals surface area contributed by atoms with E-state index in [2.05, 4.69) is 43.4 Å². The second-order valence-electron chi connectivity index (χ2n) is 7.75. The van der Waals surface area contributed by atoms with Gasteiger partial charge in [-0.15, -0.1) is 24.0 Å². The number of likely N-dealkylation sites (tertiary alicyclic amines) is 1. The van der Waals surface area contributed by atoms with E-state index in [0.29, 0.717) is 6.04 Å². The van der Waals surface area contributed by atoms with E-state index in [0.717, 1.165) is 36.8 Å². The molecule has 1 saturated carbocycles. The van der Waals surface area contributed by atoms with Gasteiger partial charge in [-0.05, 0) is 70.4 Å². The number of nitrogens with one attached hydrogen (secondary N) is 2. The molecule has 3 atom stereocenters. The first-order chi connectivity index (χ1) is 10.6. The van der Waals surface area contributed by atoms with Crippen LogP contribution in [0, 0.1) is 17.8 Å². The van der Waals surface area contributed by atoms with Gasteiger partial charge in [0.15, 0.2) is 5.96 Å². The van der Waals surface area contributed by atoms with Gasteiger partial charge < -0.3 is 15.5 Å². The highest BCUT2D eigenvalue weighted by Crippen LogP contribution is 2.28. The summed E-state index contributed by atoms with van der Waals surface area (Å²) in [4.78, 5) is 7.32. The second-order valence-corrected chi connectivity index (χ2v) is 7.75. The van der Waals surface area contributed by atoms with Crippen LogP contribution in [-0.4, -0.2) is 50.1 Å². The Bertz CT molecular complexity index is 351. The number of nitrogens with zero attached hydrogens (tertiary/aromatic N) is 2. The SMILES string of the molecule is CCNC(=NCC1CCCN(C)C1)NC1CC(C)CC(C)C1.I. The molecule has 3 unspecified atom stereocenters. The highest BCUT2D eigenvalue weighted by Gasteiger charge is 2.24. The lowest BCUT2D eigenvalue weighted by Gasteiger charge is -2.33. The molecule has 1 aliphatic heterocycles. The zero-order valence-corrected chi connectivity index (χ0v) is 17.8. The van der Waals surface area contributed by atoms with Gasteiger partial charge in [0.1, 0.15) is 0 Å². The van der Waals surface area contributed by atoms with Crippen molar-refractivity contribution >= 4 is 29.9 Å². The van der Waals surface area contributed by atoms with E-state index in [-0.39, 0.29) is 24.0 Å². The second kappa shape index (κ2) is 10.7. The van der Waals surface area contributed by atoms with Crippen LogP contribution in [-0.2, 0) is 0 Å². The largest absolute Gasteiger partial charge is 0.357 e. The molecule has 0 amide bonds. The first-order valence-electron chi connectivity index (χ1n) is 9.30. The number of hydrogen-bond donors (Lipinski definition) is 2. The van der Waals surface area contributed by atoms with Crippen molar-refractivity contribution in [2.75, 3.05) is 33.2 Å². The molecule has 4 nitrogen and oxygen atoms in total. The molecule has 0 aromatic heterocycles. The minimum absolute atomic E-state index is 0. The molecule has 5 heteroatoms. The molecular weight excluding hydrogens is 399 g/mol. The minimum Gasteiger partial charge on any atom is -0.357 e. The Morgan fingerprint density at radius 3 is 2.48 bits per heavy atom. The highest BCUT2D eigenvalue weighted by atomic mass is 127. The number of halogens is 1. The lowest BCUT2D eigenvalue weighted by atomic mass is 9.80. The predicted molar refractivity (Wildman–Crippen MR) is 111 cm³/mol. The van der Waals surface area contributed by atoms with Crippen molar-refractivity contribution < 1.29 is 0 Å². The molecule has 1 aliphatic carbocycles. The minimum atomic E-state index is 0. The molecule has 2 N–H and O–H groups in total. The lowest BCUT2D eigenvalue weighted by Crippen LogP contribution is -2.46. The molecular formula is C18H37IN4. The van der Waals surface area contributed by atoms with Crippen molar-refractivity contribution in [3.8, 4) is 0 Å². The summed E-state index contributed by atoms with van der Waals surface area (Å²) in [6.07, 6.45) is 6.57. The normalized spacial score (nSPS) is 33.0. The van der Waals surface area contributed by atoms with E-state index >= 15 is 0 Å². The summed E-state index contributed by atoms with van der Waals surface area (Å²) < 4.78 is 0. The van der Waals surface area contributed by atoms with E-state index in [1.54, 1.807) is 0 Å². The average Bonchev–Trinajstić information content (AvgIpc) is 2.44. The lowest BCUT2D eigenvalue weighted by molar-refractivity contribution is 0.214. The van der Waals surface area contributed by atoms with Gasteiger partial charge in [0, 0.05) is 25.7 Å². The Morgan fingerprint density at radius 1 is 1.17 bits per heavy atom. The Hall–Kier alpha value is -0.0400. The van der Waals surface area contributed by atoms with Crippen LogP contribution in [0.2, 0.25) is 0 Å². The first kappa shape index (κ1) is 21.0. The van der Waals surface area contributed by atoms with Crippen LogP contribution >= 0.6 is 24.0 Å². The zero-order chi connectivity index (χ0) is 15.9. The van der Waals surface area contributed by atoms with Crippen LogP contribution in [0.4, 0.5) is 0 Å². The summed E-state index contributed by atoms with van der Waals surface area (Å²) in [6.45, 7) is 11.2. The number of guanidine groups is 1. The molecule has 1 heterocycles. The summed E-state index contributed by atoms with van der Waals surface area (Å²) >= 11 is 0. The summed E-state index contributed by atoms with van der Waals surface area (Å²) in [5.41, 5.74) is 0. The van der Waals surface area contributed by atoms with Gasteiger partial charge in [-0.2, -0.15) is 0 Å². The Balaban J connectivity index is 0.00000264. The average molecular weight is 436 g/mol. The van der Waals surface area contributed by atoms with Crippen LogP contribution in [0.15, 0.2) is 4.99 Å². The van der Waals surface area contributed by atoms with Crippen LogP contribution in [0.25, 0.3) is 0 Å². The van der Waals surface area contributed by atoms with E-state index < -0.39 is 0 Å². The molecule has 2 rings (SSSR count). The summed E-state index contributed by atoms with van der Waals surface area (Å²) in [5, 5.41) is 7.13. The van der Waals surface area contributed by atoms with Gasteiger partial charge in [0.05, 0.1) is 0 Å². The van der Waals surface area contributed by atoms with E-state index in [1.807, 2.05) is 0 Å². The van der Waals surface area contributed by atoms with Crippen molar-refractivity contribution in [1.29, 1.82) is 0 Å². The predicted octanol–water partition coefficient (Wildman–Crippen LogP) is 3.33.